The van der Waals surface area contributed by atoms with Crippen LogP contribution in [0.25, 0.3) is 6.08 Å². The fourth-order valence-electron chi connectivity index (χ4n) is 1.18. The maximum Gasteiger partial charge on any atom is 0.262 e. The van der Waals surface area contributed by atoms with Crippen molar-refractivity contribution >= 4 is 29.3 Å². The number of carbonyl (C=O) groups excluding carboxylic acids is 1. The van der Waals surface area contributed by atoms with E-state index in [2.05, 4.69) is 23.1 Å². The van der Waals surface area contributed by atoms with E-state index >= 15 is 0 Å². The summed E-state index contributed by atoms with van der Waals surface area (Å²) in [6.07, 6.45) is 3.05. The third-order valence-electron chi connectivity index (χ3n) is 1.93. The first kappa shape index (κ1) is 14.0. The Morgan fingerprint density at radius 3 is 2.61 bits per heavy atom. The normalized spacial score (nSPS) is 10.1. The molecule has 0 aromatic heterocycles. The number of hydrazine groups is 1. The van der Waals surface area contributed by atoms with Crippen LogP contribution in [0.1, 0.15) is 12.5 Å². The zero-order chi connectivity index (χ0) is 13.4. The summed E-state index contributed by atoms with van der Waals surface area (Å²) in [7, 11) is 0. The zero-order valence-corrected chi connectivity index (χ0v) is 10.8. The second-order valence-corrected chi connectivity index (χ2v) is 3.75. The number of thiocarbonyl (C=S) groups is 1. The molecule has 0 atom stereocenters. The average Bonchev–Trinajstić information content (AvgIpc) is 2.36. The number of nitrogens with one attached hydrogen (secondary N) is 2. The fraction of sp³-hybridized carbons (Fsp3) is 0.167. The molecule has 1 rings (SSSR count). The smallest absolute Gasteiger partial charge is 0.262 e. The van der Waals surface area contributed by atoms with Crippen LogP contribution in [-0.4, -0.2) is 17.6 Å². The van der Waals surface area contributed by atoms with Crippen LogP contribution in [0.3, 0.4) is 0 Å². The van der Waals surface area contributed by atoms with Crippen molar-refractivity contribution < 1.29 is 9.53 Å². The Kier molecular flexibility index (Phi) is 5.66. The summed E-state index contributed by atoms with van der Waals surface area (Å²) in [5.74, 6) is 0.464. The number of hydrogen-bond acceptors (Lipinski definition) is 3. The summed E-state index contributed by atoms with van der Waals surface area (Å²) in [6.45, 7) is 2.55. The van der Waals surface area contributed by atoms with Crippen molar-refractivity contribution in [1.82, 2.24) is 10.9 Å². The number of rotatable bonds is 4. The number of ether oxygens (including phenoxy) is 1. The molecule has 4 N–H and O–H groups in total. The average molecular weight is 265 g/mol. The first-order valence-corrected chi connectivity index (χ1v) is 5.79. The Labute approximate surface area is 111 Å². The molecule has 1 aromatic rings. The van der Waals surface area contributed by atoms with E-state index in [1.54, 1.807) is 6.08 Å². The third kappa shape index (κ3) is 5.31. The molecule has 0 saturated carbocycles. The molecule has 18 heavy (non-hydrogen) atoms. The fourth-order valence-corrected chi connectivity index (χ4v) is 1.23. The van der Waals surface area contributed by atoms with Gasteiger partial charge in [-0.3, -0.25) is 15.6 Å². The van der Waals surface area contributed by atoms with Crippen molar-refractivity contribution in [3.63, 3.8) is 0 Å². The van der Waals surface area contributed by atoms with Crippen LogP contribution >= 0.6 is 12.2 Å². The first-order chi connectivity index (χ1) is 8.61. The summed E-state index contributed by atoms with van der Waals surface area (Å²) >= 11 is 4.54. The highest BCUT2D eigenvalue weighted by atomic mass is 32.1. The molecule has 6 heteroatoms. The lowest BCUT2D eigenvalue weighted by Gasteiger charge is -2.03. The second-order valence-electron chi connectivity index (χ2n) is 3.31. The van der Waals surface area contributed by atoms with E-state index < -0.39 is 0 Å². The van der Waals surface area contributed by atoms with Gasteiger partial charge >= 0.3 is 0 Å². The van der Waals surface area contributed by atoms with Crippen molar-refractivity contribution in [2.45, 2.75) is 6.92 Å². The molecule has 0 aliphatic heterocycles. The molecule has 0 radical (unpaired) electrons. The molecular formula is C12H15N3O2S. The van der Waals surface area contributed by atoms with Crippen LogP contribution in [0.5, 0.6) is 5.75 Å². The van der Waals surface area contributed by atoms with Crippen LogP contribution in [-0.2, 0) is 4.79 Å². The van der Waals surface area contributed by atoms with Gasteiger partial charge in [-0.2, -0.15) is 0 Å². The van der Waals surface area contributed by atoms with Crippen molar-refractivity contribution in [2.24, 2.45) is 5.73 Å². The van der Waals surface area contributed by atoms with Crippen LogP contribution in [0.2, 0.25) is 0 Å². The highest BCUT2D eigenvalue weighted by molar-refractivity contribution is 7.80. The predicted octanol–water partition coefficient (Wildman–Crippen LogP) is 0.963. The standard InChI is InChI=1S/C12H15N3O2S/c1-2-17-10-6-3-9(4-7-10)5-8-11(16)14-15-12(13)18/h3-8H,2H2,1H3,(H,14,16)(H3,13,15,18)/b8-5+. The van der Waals surface area contributed by atoms with Gasteiger partial charge < -0.3 is 10.5 Å². The topological polar surface area (TPSA) is 76.4 Å². The molecule has 0 aliphatic rings. The van der Waals surface area contributed by atoms with E-state index in [-0.39, 0.29) is 11.0 Å². The Hall–Kier alpha value is -2.08. The molecule has 0 bridgehead atoms. The highest BCUT2D eigenvalue weighted by Crippen LogP contribution is 2.12. The number of benzene rings is 1. The lowest BCUT2D eigenvalue weighted by atomic mass is 10.2. The van der Waals surface area contributed by atoms with Gasteiger partial charge in [0.1, 0.15) is 5.75 Å². The maximum absolute atomic E-state index is 11.3. The molecule has 0 spiro atoms. The van der Waals surface area contributed by atoms with Gasteiger partial charge in [0.2, 0.25) is 0 Å². The van der Waals surface area contributed by atoms with E-state index in [0.717, 1.165) is 11.3 Å². The van der Waals surface area contributed by atoms with E-state index in [4.69, 9.17) is 10.5 Å². The summed E-state index contributed by atoms with van der Waals surface area (Å²) in [5.41, 5.74) is 10.7. The van der Waals surface area contributed by atoms with Gasteiger partial charge in [0.15, 0.2) is 5.11 Å². The molecule has 0 saturated heterocycles. The first-order valence-electron chi connectivity index (χ1n) is 5.38. The summed E-state index contributed by atoms with van der Waals surface area (Å²) in [4.78, 5) is 11.3. The molecule has 96 valence electrons. The number of amides is 1. The minimum atomic E-state index is -0.336. The van der Waals surface area contributed by atoms with Gasteiger partial charge in [-0.15, -0.1) is 0 Å². The third-order valence-corrected chi connectivity index (χ3v) is 2.03. The summed E-state index contributed by atoms with van der Waals surface area (Å²) < 4.78 is 5.31. The predicted molar refractivity (Wildman–Crippen MR) is 74.7 cm³/mol. The number of carbonyl (C=O) groups is 1. The largest absolute Gasteiger partial charge is 0.494 e. The monoisotopic (exact) mass is 265 g/mol. The van der Waals surface area contributed by atoms with Crippen LogP contribution in [0, 0.1) is 0 Å². The van der Waals surface area contributed by atoms with Gasteiger partial charge in [-0.1, -0.05) is 12.1 Å². The molecule has 0 fully saturated rings. The van der Waals surface area contributed by atoms with E-state index in [0.29, 0.717) is 6.61 Å². The van der Waals surface area contributed by atoms with Crippen molar-refractivity contribution in [3.05, 3.63) is 35.9 Å². The van der Waals surface area contributed by atoms with Crippen LogP contribution in [0.4, 0.5) is 0 Å². The Balaban J connectivity index is 2.50. The van der Waals surface area contributed by atoms with Gasteiger partial charge in [-0.25, -0.2) is 0 Å². The van der Waals surface area contributed by atoms with Crippen molar-refractivity contribution in [1.29, 1.82) is 0 Å². The Bertz CT molecular complexity index is 443. The van der Waals surface area contributed by atoms with Gasteiger partial charge in [0.05, 0.1) is 6.61 Å². The SMILES string of the molecule is CCOc1ccc(/C=C/C(=O)NNC(N)=S)cc1. The van der Waals surface area contributed by atoms with Gasteiger partial charge in [0.25, 0.3) is 5.91 Å². The molecule has 5 nitrogen and oxygen atoms in total. The quantitative estimate of drug-likeness (QED) is 0.429. The molecule has 0 heterocycles. The number of hydrogen-bond donors (Lipinski definition) is 3. The van der Waals surface area contributed by atoms with Crippen LogP contribution < -0.4 is 21.3 Å². The van der Waals surface area contributed by atoms with Crippen molar-refractivity contribution in [2.75, 3.05) is 6.61 Å². The maximum atomic E-state index is 11.3. The highest BCUT2D eigenvalue weighted by Gasteiger charge is 1.95. The van der Waals surface area contributed by atoms with Gasteiger partial charge in [-0.05, 0) is 42.9 Å². The molecule has 1 aromatic carbocycles. The van der Waals surface area contributed by atoms with Crippen molar-refractivity contribution in [3.8, 4) is 5.75 Å². The Morgan fingerprint density at radius 2 is 2.06 bits per heavy atom. The van der Waals surface area contributed by atoms with E-state index in [1.807, 2.05) is 31.2 Å². The minimum absolute atomic E-state index is 0.0119. The lowest BCUT2D eigenvalue weighted by Crippen LogP contribution is -2.43. The number of nitrogens with two attached hydrogens (primary N) is 1. The molecule has 0 unspecified atom stereocenters. The molecular weight excluding hydrogens is 250 g/mol. The van der Waals surface area contributed by atoms with E-state index in [9.17, 15) is 4.79 Å². The Morgan fingerprint density at radius 1 is 1.39 bits per heavy atom. The summed E-state index contributed by atoms with van der Waals surface area (Å²) in [5, 5.41) is 0.0119. The van der Waals surface area contributed by atoms with Gasteiger partial charge in [0, 0.05) is 6.08 Å². The lowest BCUT2D eigenvalue weighted by molar-refractivity contribution is -0.116. The van der Waals surface area contributed by atoms with Crippen LogP contribution in [0.15, 0.2) is 30.3 Å². The van der Waals surface area contributed by atoms with E-state index in [1.165, 1.54) is 6.08 Å². The minimum Gasteiger partial charge on any atom is -0.494 e. The molecule has 1 amide bonds. The zero-order valence-electron chi connectivity index (χ0n) is 9.97. The molecule has 0 aliphatic carbocycles. The second kappa shape index (κ2) is 7.29. The summed E-state index contributed by atoms with van der Waals surface area (Å²) in [6, 6.07) is 7.40.